The van der Waals surface area contributed by atoms with Gasteiger partial charge in [0.15, 0.2) is 0 Å². The molecule has 0 amide bonds. The average molecular weight is 369 g/mol. The lowest BCUT2D eigenvalue weighted by molar-refractivity contribution is -0.136. The number of alkyl halides is 3. The highest BCUT2D eigenvalue weighted by atomic mass is 19.4. The highest BCUT2D eigenvalue weighted by molar-refractivity contribution is 6.53. The third-order valence-electron chi connectivity index (χ3n) is 3.82. The Labute approximate surface area is 152 Å². The smallest absolute Gasteiger partial charge is 0.368 e. The van der Waals surface area contributed by atoms with Crippen molar-refractivity contribution < 1.29 is 13.2 Å². The van der Waals surface area contributed by atoms with Crippen molar-refractivity contribution in [3.8, 4) is 0 Å². The molecular formula is C19H14F3N5. The molecule has 3 aromatic rings. The van der Waals surface area contributed by atoms with Crippen LogP contribution in [0.5, 0.6) is 0 Å². The van der Waals surface area contributed by atoms with Crippen molar-refractivity contribution in [2.75, 3.05) is 0 Å². The van der Waals surface area contributed by atoms with Gasteiger partial charge in [-0.2, -0.15) is 13.2 Å². The maximum atomic E-state index is 13.5. The second-order valence-corrected chi connectivity index (χ2v) is 5.68. The highest BCUT2D eigenvalue weighted by Crippen LogP contribution is 2.35. The molecule has 136 valence electrons. The molecule has 5 nitrogen and oxygen atoms in total. The van der Waals surface area contributed by atoms with Gasteiger partial charge in [-0.05, 0) is 18.2 Å². The molecule has 0 unspecified atom stereocenters. The first-order chi connectivity index (χ1) is 12.8. The Morgan fingerprint density at radius 2 is 1.67 bits per heavy atom. The number of benzene rings is 2. The minimum Gasteiger partial charge on any atom is -0.368 e. The summed E-state index contributed by atoms with van der Waals surface area (Å²) >= 11 is 0. The Hall–Kier alpha value is -3.55. The van der Waals surface area contributed by atoms with E-state index in [-0.39, 0.29) is 27.9 Å². The normalized spacial score (nSPS) is 12.2. The first-order valence-corrected chi connectivity index (χ1v) is 7.81. The van der Waals surface area contributed by atoms with Gasteiger partial charge < -0.3 is 5.73 Å². The van der Waals surface area contributed by atoms with Gasteiger partial charge in [0, 0.05) is 22.7 Å². The fourth-order valence-corrected chi connectivity index (χ4v) is 2.67. The van der Waals surface area contributed by atoms with Crippen LogP contribution in [0.15, 0.2) is 65.8 Å². The molecule has 0 aliphatic rings. The summed E-state index contributed by atoms with van der Waals surface area (Å²) in [4.78, 5) is 7.68. The number of hydrogen-bond donors (Lipinski definition) is 3. The van der Waals surface area contributed by atoms with E-state index < -0.39 is 17.7 Å². The van der Waals surface area contributed by atoms with Crippen LogP contribution >= 0.6 is 0 Å². The van der Waals surface area contributed by atoms with Crippen molar-refractivity contribution >= 4 is 28.3 Å². The van der Waals surface area contributed by atoms with E-state index in [0.29, 0.717) is 5.56 Å². The van der Waals surface area contributed by atoms with Crippen molar-refractivity contribution in [1.29, 1.82) is 10.8 Å². The number of aliphatic imine (C=N–C) groups is 1. The summed E-state index contributed by atoms with van der Waals surface area (Å²) in [6.45, 7) is 0. The molecule has 0 aliphatic carbocycles. The summed E-state index contributed by atoms with van der Waals surface area (Å²) in [5, 5.41) is 16.1. The van der Waals surface area contributed by atoms with Gasteiger partial charge >= 0.3 is 6.18 Å². The molecule has 0 atom stereocenters. The van der Waals surface area contributed by atoms with Crippen molar-refractivity contribution in [2.24, 2.45) is 10.7 Å². The Balaban J connectivity index is 2.21. The largest absolute Gasteiger partial charge is 0.418 e. The fraction of sp³-hybridized carbons (Fsp3) is 0.0526. The van der Waals surface area contributed by atoms with Gasteiger partial charge in [0.05, 0.1) is 22.5 Å². The van der Waals surface area contributed by atoms with E-state index in [0.717, 1.165) is 6.07 Å². The van der Waals surface area contributed by atoms with Gasteiger partial charge in [0.2, 0.25) is 5.96 Å². The second-order valence-electron chi connectivity index (χ2n) is 5.68. The van der Waals surface area contributed by atoms with Crippen LogP contribution in [0.25, 0.3) is 10.9 Å². The predicted octanol–water partition coefficient (Wildman–Crippen LogP) is 4.00. The van der Waals surface area contributed by atoms with Crippen LogP contribution in [-0.2, 0) is 6.18 Å². The molecule has 0 radical (unpaired) electrons. The number of pyridine rings is 1. The number of nitrogens with two attached hydrogens (primary N) is 1. The summed E-state index contributed by atoms with van der Waals surface area (Å²) in [5.74, 6) is -0.544. The standard InChI is InChI=1S/C19H14F3N5/c20-19(21,22)14-10-13(9-12-7-4-8-26-16(12)14)15(23)17(27-18(24)25)11-5-2-1-3-6-11/h1-10,23H,(H3,24,25). The lowest BCUT2D eigenvalue weighted by Gasteiger charge is -2.14. The zero-order valence-electron chi connectivity index (χ0n) is 13.9. The SMILES string of the molecule is N=C(N)N=C(C(=N)c1cc(C(F)(F)F)c2ncccc2c1)c1ccccc1. The quantitative estimate of drug-likeness (QED) is 0.480. The molecular weight excluding hydrogens is 355 g/mol. The molecule has 2 aromatic carbocycles. The van der Waals surface area contributed by atoms with Crippen LogP contribution < -0.4 is 5.73 Å². The number of aromatic nitrogens is 1. The number of nitrogens with zero attached hydrogens (tertiary/aromatic N) is 2. The number of nitrogens with one attached hydrogen (secondary N) is 2. The first kappa shape index (κ1) is 18.2. The molecule has 0 saturated carbocycles. The van der Waals surface area contributed by atoms with Crippen molar-refractivity contribution in [1.82, 2.24) is 4.98 Å². The number of hydrogen-bond acceptors (Lipinski definition) is 3. The predicted molar refractivity (Wildman–Crippen MR) is 98.5 cm³/mol. The highest BCUT2D eigenvalue weighted by Gasteiger charge is 2.34. The summed E-state index contributed by atoms with van der Waals surface area (Å²) in [7, 11) is 0. The zero-order chi connectivity index (χ0) is 19.6. The molecule has 0 aliphatic heterocycles. The average Bonchev–Trinajstić information content (AvgIpc) is 2.64. The maximum absolute atomic E-state index is 13.5. The van der Waals surface area contributed by atoms with E-state index in [2.05, 4.69) is 9.98 Å². The minimum atomic E-state index is -4.63. The van der Waals surface area contributed by atoms with Crippen LogP contribution in [0.1, 0.15) is 16.7 Å². The van der Waals surface area contributed by atoms with Crippen LogP contribution in [0, 0.1) is 10.8 Å². The summed E-state index contributed by atoms with van der Waals surface area (Å²) in [6.07, 6.45) is -3.34. The van der Waals surface area contributed by atoms with E-state index in [1.807, 2.05) is 0 Å². The second kappa shape index (κ2) is 6.99. The molecule has 0 saturated heterocycles. The van der Waals surface area contributed by atoms with Gasteiger partial charge in [0.25, 0.3) is 0 Å². The van der Waals surface area contributed by atoms with E-state index >= 15 is 0 Å². The third kappa shape index (κ3) is 3.84. The minimum absolute atomic E-state index is 0.00618. The number of fused-ring (bicyclic) bond motifs is 1. The third-order valence-corrected chi connectivity index (χ3v) is 3.82. The molecule has 0 fully saturated rings. The lowest BCUT2D eigenvalue weighted by Crippen LogP contribution is -2.21. The fourth-order valence-electron chi connectivity index (χ4n) is 2.67. The molecule has 27 heavy (non-hydrogen) atoms. The zero-order valence-corrected chi connectivity index (χ0v) is 13.9. The lowest BCUT2D eigenvalue weighted by atomic mass is 9.96. The monoisotopic (exact) mass is 369 g/mol. The van der Waals surface area contributed by atoms with Crippen LogP contribution in [-0.4, -0.2) is 22.4 Å². The van der Waals surface area contributed by atoms with E-state index in [4.69, 9.17) is 16.6 Å². The van der Waals surface area contributed by atoms with Crippen molar-refractivity contribution in [2.45, 2.75) is 6.18 Å². The molecule has 8 heteroatoms. The van der Waals surface area contributed by atoms with Crippen LogP contribution in [0.2, 0.25) is 0 Å². The van der Waals surface area contributed by atoms with E-state index in [1.165, 1.54) is 24.4 Å². The first-order valence-electron chi connectivity index (χ1n) is 7.81. The van der Waals surface area contributed by atoms with Gasteiger partial charge in [-0.15, -0.1) is 0 Å². The Morgan fingerprint density at radius 1 is 0.963 bits per heavy atom. The van der Waals surface area contributed by atoms with E-state index in [9.17, 15) is 13.2 Å². The maximum Gasteiger partial charge on any atom is 0.418 e. The van der Waals surface area contributed by atoms with Crippen molar-refractivity contribution in [3.05, 3.63) is 77.5 Å². The Kier molecular flexibility index (Phi) is 4.72. The van der Waals surface area contributed by atoms with Gasteiger partial charge in [-0.3, -0.25) is 15.8 Å². The molecule has 0 bridgehead atoms. The summed E-state index contributed by atoms with van der Waals surface area (Å²) < 4.78 is 40.5. The van der Waals surface area contributed by atoms with Gasteiger partial charge in [-0.25, -0.2) is 4.99 Å². The number of halogens is 3. The molecule has 4 N–H and O–H groups in total. The van der Waals surface area contributed by atoms with Gasteiger partial charge in [0.1, 0.15) is 0 Å². The summed E-state index contributed by atoms with van der Waals surface area (Å²) in [5.41, 5.74) is 4.44. The topological polar surface area (TPSA) is 99.0 Å². The Morgan fingerprint density at radius 3 is 2.30 bits per heavy atom. The van der Waals surface area contributed by atoms with Crippen LogP contribution in [0.3, 0.4) is 0 Å². The molecule has 3 rings (SSSR count). The van der Waals surface area contributed by atoms with Crippen molar-refractivity contribution in [3.63, 3.8) is 0 Å². The van der Waals surface area contributed by atoms with E-state index in [1.54, 1.807) is 30.3 Å². The Bertz CT molecular complexity index is 1060. The van der Waals surface area contributed by atoms with Crippen LogP contribution in [0.4, 0.5) is 13.2 Å². The number of rotatable bonds is 3. The summed E-state index contributed by atoms with van der Waals surface area (Å²) in [6, 6.07) is 13.8. The molecule has 0 spiro atoms. The van der Waals surface area contributed by atoms with Gasteiger partial charge in [-0.1, -0.05) is 36.4 Å². The molecule has 1 heterocycles. The number of guanidine groups is 1. The molecule has 1 aromatic heterocycles.